The van der Waals surface area contributed by atoms with Crippen molar-refractivity contribution >= 4 is 48.3 Å². The van der Waals surface area contributed by atoms with Gasteiger partial charge in [-0.25, -0.2) is 0 Å². The molecule has 5 rings (SSSR count). The van der Waals surface area contributed by atoms with Gasteiger partial charge >= 0.3 is 197 Å². The third-order valence-corrected chi connectivity index (χ3v) is 8.27. The van der Waals surface area contributed by atoms with E-state index in [1.165, 1.54) is 4.46 Å². The van der Waals surface area contributed by atoms with Gasteiger partial charge in [-0.05, 0) is 0 Å². The summed E-state index contributed by atoms with van der Waals surface area (Å²) in [4.78, 5) is 25.7. The van der Waals surface area contributed by atoms with Crippen molar-refractivity contribution in [3.05, 3.63) is 82.1 Å². The van der Waals surface area contributed by atoms with E-state index in [0.717, 1.165) is 16.0 Å². The molecule has 2 aliphatic rings. The molecule has 1 atom stereocenters. The Balaban J connectivity index is 1.38. The molecule has 1 aromatic heterocycles. The van der Waals surface area contributed by atoms with Crippen LogP contribution in [-0.2, 0) is 21.4 Å². The van der Waals surface area contributed by atoms with Crippen LogP contribution in [0.25, 0.3) is 5.76 Å². The molecule has 0 amide bonds. The predicted molar refractivity (Wildman–Crippen MR) is 122 cm³/mol. The van der Waals surface area contributed by atoms with Crippen LogP contribution in [0.5, 0.6) is 0 Å². The number of rotatable bonds is 5. The van der Waals surface area contributed by atoms with E-state index in [4.69, 9.17) is 16.3 Å². The Morgan fingerprint density at radius 1 is 1.06 bits per heavy atom. The Labute approximate surface area is 196 Å². The van der Waals surface area contributed by atoms with Gasteiger partial charge in [0.05, 0.1) is 0 Å². The molecule has 0 saturated heterocycles. The molecule has 8 heteroatoms. The first-order chi connectivity index (χ1) is 15.3. The van der Waals surface area contributed by atoms with Gasteiger partial charge in [0.25, 0.3) is 0 Å². The molecule has 2 heterocycles. The number of hydrogen-bond donors (Lipinski definition) is 0. The molecule has 162 valence electrons. The van der Waals surface area contributed by atoms with Crippen LogP contribution in [0.4, 0.5) is 0 Å². The van der Waals surface area contributed by atoms with E-state index < -0.39 is 17.2 Å². The number of ketones is 2. The summed E-state index contributed by atoms with van der Waals surface area (Å²) in [5, 5.41) is 10.1. The van der Waals surface area contributed by atoms with Gasteiger partial charge in [0.2, 0.25) is 0 Å². The van der Waals surface area contributed by atoms with Gasteiger partial charge in [0, 0.05) is 0 Å². The number of Topliss-reactive ketones (excluding diaryl/α,β-unsaturated/α-hetero) is 2. The minimum atomic E-state index is -0.655. The van der Waals surface area contributed by atoms with E-state index in [-0.39, 0.29) is 20.9 Å². The quantitative estimate of drug-likeness (QED) is 0.388. The molecule has 32 heavy (non-hydrogen) atoms. The number of ether oxygens (including phenoxy) is 1. The molecular formula is C24H20ClN3O3Se. The van der Waals surface area contributed by atoms with Gasteiger partial charge in [0.1, 0.15) is 0 Å². The van der Waals surface area contributed by atoms with Crippen molar-refractivity contribution in [1.82, 2.24) is 15.0 Å². The SMILES string of the molecule is CC1(C)OC2=C(C(=O)C(=O)c3ccccc32)C1Cn1cc(C[Se]c2ccc(Cl)cc2)nn1. The fraction of sp³-hybridized carbons (Fsp3) is 0.250. The van der Waals surface area contributed by atoms with Crippen LogP contribution in [0.15, 0.2) is 60.3 Å². The van der Waals surface area contributed by atoms with Crippen molar-refractivity contribution in [2.24, 2.45) is 5.92 Å². The Bertz CT molecular complexity index is 1260. The summed E-state index contributed by atoms with van der Waals surface area (Å²) < 4.78 is 9.23. The second kappa shape index (κ2) is 8.00. The normalized spacial score (nSPS) is 19.0. The number of carbonyl (C=O) groups excluding carboxylic acids is 2. The zero-order chi connectivity index (χ0) is 22.5. The number of hydrogen-bond acceptors (Lipinski definition) is 5. The first kappa shape index (κ1) is 21.1. The van der Waals surface area contributed by atoms with Crippen molar-refractivity contribution in [1.29, 1.82) is 0 Å². The molecular weight excluding hydrogens is 493 g/mol. The number of aromatic nitrogens is 3. The maximum atomic E-state index is 13.0. The van der Waals surface area contributed by atoms with E-state index >= 15 is 0 Å². The molecule has 0 fully saturated rings. The molecule has 2 aromatic carbocycles. The van der Waals surface area contributed by atoms with Crippen LogP contribution < -0.4 is 4.46 Å². The Morgan fingerprint density at radius 3 is 2.53 bits per heavy atom. The molecule has 0 bridgehead atoms. The van der Waals surface area contributed by atoms with Crippen molar-refractivity contribution in [3.63, 3.8) is 0 Å². The van der Waals surface area contributed by atoms with Gasteiger partial charge in [-0.2, -0.15) is 0 Å². The molecule has 6 nitrogen and oxygen atoms in total. The Morgan fingerprint density at radius 2 is 1.78 bits per heavy atom. The molecule has 0 N–H and O–H groups in total. The topological polar surface area (TPSA) is 74.1 Å². The van der Waals surface area contributed by atoms with Crippen LogP contribution in [0, 0.1) is 5.92 Å². The molecule has 1 aliphatic heterocycles. The van der Waals surface area contributed by atoms with Crippen molar-refractivity contribution in [3.8, 4) is 0 Å². The second-order valence-electron chi connectivity index (χ2n) is 8.38. The average molecular weight is 513 g/mol. The molecule has 3 aromatic rings. The number of fused-ring (bicyclic) bond motifs is 2. The first-order valence-corrected chi connectivity index (χ1v) is 12.7. The summed E-state index contributed by atoms with van der Waals surface area (Å²) in [6, 6.07) is 15.0. The standard InChI is InChI=1S/C24H20ClN3O3Se/c1-24(2)19(20-22(30)21(29)17-5-3-4-6-18(17)23(20)31-24)12-28-11-15(26-27-28)13-32-16-9-7-14(25)8-10-16/h3-11,19H,12-13H2,1-2H3. The maximum absolute atomic E-state index is 13.0. The van der Waals surface area contributed by atoms with Crippen LogP contribution in [0.3, 0.4) is 0 Å². The van der Waals surface area contributed by atoms with Crippen LogP contribution in [0.1, 0.15) is 35.5 Å². The van der Waals surface area contributed by atoms with Crippen LogP contribution >= 0.6 is 11.6 Å². The molecule has 1 unspecified atom stereocenters. The summed E-state index contributed by atoms with van der Waals surface area (Å²) in [5.74, 6) is -0.749. The van der Waals surface area contributed by atoms with E-state index in [1.54, 1.807) is 16.8 Å². The third kappa shape index (κ3) is 3.70. The van der Waals surface area contributed by atoms with Gasteiger partial charge in [-0.3, -0.25) is 0 Å². The molecule has 0 radical (unpaired) electrons. The zero-order valence-corrected chi connectivity index (χ0v) is 20.0. The molecule has 0 saturated carbocycles. The third-order valence-electron chi connectivity index (χ3n) is 5.82. The summed E-state index contributed by atoms with van der Waals surface area (Å²) >= 11 is 6.17. The van der Waals surface area contributed by atoms with Gasteiger partial charge in [-0.15, -0.1) is 0 Å². The Kier molecular flexibility index (Phi) is 5.28. The van der Waals surface area contributed by atoms with Gasteiger partial charge in [-0.1, -0.05) is 0 Å². The number of halogens is 1. The van der Waals surface area contributed by atoms with E-state index in [0.29, 0.717) is 29.0 Å². The van der Waals surface area contributed by atoms with E-state index in [1.807, 2.05) is 56.4 Å². The fourth-order valence-electron chi connectivity index (χ4n) is 4.16. The van der Waals surface area contributed by atoms with Crippen LogP contribution in [-0.4, -0.2) is 47.1 Å². The minimum absolute atomic E-state index is 0.215. The number of nitrogens with zero attached hydrogens (tertiary/aromatic N) is 3. The van der Waals surface area contributed by atoms with Gasteiger partial charge in [0.15, 0.2) is 0 Å². The number of carbonyl (C=O) groups is 2. The Hall–Kier alpha value is -2.73. The van der Waals surface area contributed by atoms with E-state index in [9.17, 15) is 9.59 Å². The fourth-order valence-corrected chi connectivity index (χ4v) is 5.91. The second-order valence-corrected chi connectivity index (χ2v) is 11.0. The zero-order valence-electron chi connectivity index (χ0n) is 17.5. The number of benzene rings is 2. The summed E-state index contributed by atoms with van der Waals surface area (Å²) in [6.07, 6.45) is 1.91. The average Bonchev–Trinajstić information content (AvgIpc) is 3.34. The summed E-state index contributed by atoms with van der Waals surface area (Å²) in [5.41, 5.74) is 1.77. The van der Waals surface area contributed by atoms with Crippen LogP contribution in [0.2, 0.25) is 5.02 Å². The summed E-state index contributed by atoms with van der Waals surface area (Å²) in [7, 11) is 0. The van der Waals surface area contributed by atoms with Crippen molar-refractivity contribution in [2.45, 2.75) is 31.3 Å². The monoisotopic (exact) mass is 513 g/mol. The van der Waals surface area contributed by atoms with Gasteiger partial charge < -0.3 is 0 Å². The van der Waals surface area contributed by atoms with Crippen molar-refractivity contribution in [2.75, 3.05) is 0 Å². The summed E-state index contributed by atoms with van der Waals surface area (Å²) in [6.45, 7) is 4.30. The first-order valence-electron chi connectivity index (χ1n) is 10.2. The molecule has 0 spiro atoms. The molecule has 1 aliphatic carbocycles. The van der Waals surface area contributed by atoms with E-state index in [2.05, 4.69) is 10.3 Å². The van der Waals surface area contributed by atoms with Crippen molar-refractivity contribution < 1.29 is 14.3 Å². The predicted octanol–water partition coefficient (Wildman–Crippen LogP) is 3.06.